The fraction of sp³-hybridized carbons (Fsp3) is 0.625. The molecule has 25 heavy (non-hydrogen) atoms. The Balaban J connectivity index is 2.61. The van der Waals surface area contributed by atoms with Gasteiger partial charge in [0.25, 0.3) is 5.91 Å². The van der Waals surface area contributed by atoms with Crippen LogP contribution < -0.4 is 4.90 Å². The fourth-order valence-corrected chi connectivity index (χ4v) is 1.57. The van der Waals surface area contributed by atoms with Gasteiger partial charge in [0.05, 0.1) is 23.6 Å². The van der Waals surface area contributed by atoms with Crippen molar-refractivity contribution in [1.29, 1.82) is 0 Å². The number of aromatic nitrogens is 2. The zero-order chi connectivity index (χ0) is 25.8. The van der Waals surface area contributed by atoms with E-state index in [2.05, 4.69) is 9.97 Å². The highest BCUT2D eigenvalue weighted by atomic mass is 16.7. The van der Waals surface area contributed by atoms with Gasteiger partial charge in [-0.25, -0.2) is 19.8 Å². The van der Waals surface area contributed by atoms with Crippen molar-refractivity contribution >= 4 is 17.9 Å². The molecule has 0 N–H and O–H groups in total. The summed E-state index contributed by atoms with van der Waals surface area (Å²) in [5.74, 6) is -1.42. The molecule has 0 unspecified atom stereocenters. The van der Waals surface area contributed by atoms with E-state index in [9.17, 15) is 9.59 Å². The first-order valence-corrected chi connectivity index (χ1v) is 7.21. The van der Waals surface area contributed by atoms with Crippen molar-refractivity contribution < 1.29 is 30.1 Å². The van der Waals surface area contributed by atoms with Crippen molar-refractivity contribution in [2.45, 2.75) is 26.4 Å². The predicted octanol–water partition coefficient (Wildman–Crippen LogP) is 1.17. The van der Waals surface area contributed by atoms with Crippen LogP contribution in [0, 0.1) is 0 Å². The molecule has 9 nitrogen and oxygen atoms in total. The summed E-state index contributed by atoms with van der Waals surface area (Å²) in [6.07, 6.45) is 0.268. The third-order valence-corrected chi connectivity index (χ3v) is 2.77. The van der Waals surface area contributed by atoms with Crippen LogP contribution in [-0.2, 0) is 9.57 Å². The number of hydrogen-bond acceptors (Lipinski definition) is 7. The summed E-state index contributed by atoms with van der Waals surface area (Å²) >= 11 is 0. The number of carbonyl (C=O) groups is 2. The molecule has 0 aliphatic carbocycles. The van der Waals surface area contributed by atoms with Gasteiger partial charge in [-0.15, -0.1) is 0 Å². The first-order chi connectivity index (χ1) is 14.7. The van der Waals surface area contributed by atoms with E-state index in [1.165, 1.54) is 34.9 Å². The van der Waals surface area contributed by atoms with Crippen LogP contribution in [0.3, 0.4) is 0 Å². The highest BCUT2D eigenvalue weighted by molar-refractivity contribution is 5.92. The van der Waals surface area contributed by atoms with Crippen LogP contribution in [0.25, 0.3) is 0 Å². The first-order valence-electron chi connectivity index (χ1n) is 11.2. The Morgan fingerprint density at radius 2 is 1.76 bits per heavy atom. The number of carbonyl (C=O) groups excluding carboxylic acids is 2. The maximum absolute atomic E-state index is 12.7. The van der Waals surface area contributed by atoms with Crippen LogP contribution in [0.2, 0.25) is 0 Å². The number of anilines is 1. The Morgan fingerprint density at radius 3 is 2.24 bits per heavy atom. The third kappa shape index (κ3) is 5.02. The molecule has 0 radical (unpaired) electrons. The predicted molar refractivity (Wildman–Crippen MR) is 91.2 cm³/mol. The van der Waals surface area contributed by atoms with Gasteiger partial charge in [0.2, 0.25) is 5.95 Å². The monoisotopic (exact) mass is 359 g/mol. The lowest BCUT2D eigenvalue weighted by atomic mass is 10.2. The Bertz CT molecular complexity index is 894. The zero-order valence-corrected chi connectivity index (χ0v) is 14.5. The van der Waals surface area contributed by atoms with E-state index in [0.717, 1.165) is 17.5 Å². The molecule has 138 valence electrons. The minimum Gasteiger partial charge on any atom is -0.444 e. The molecule has 2 heterocycles. The van der Waals surface area contributed by atoms with Crippen LogP contribution >= 0.6 is 0 Å². The average Bonchev–Trinajstić information content (AvgIpc) is 2.64. The van der Waals surface area contributed by atoms with Gasteiger partial charge in [0.1, 0.15) is 5.60 Å². The van der Waals surface area contributed by atoms with Gasteiger partial charge in [-0.05, 0) is 20.8 Å². The van der Waals surface area contributed by atoms with E-state index in [1.54, 1.807) is 0 Å². The number of hydroxylamine groups is 2. The van der Waals surface area contributed by atoms with Crippen molar-refractivity contribution in [1.82, 2.24) is 19.9 Å². The van der Waals surface area contributed by atoms with Gasteiger partial charge >= 0.3 is 6.09 Å². The van der Waals surface area contributed by atoms with E-state index >= 15 is 0 Å². The fourth-order valence-electron chi connectivity index (χ4n) is 1.57. The Kier molecular flexibility index (Phi) is 3.22. The van der Waals surface area contributed by atoms with Crippen LogP contribution in [0.15, 0.2) is 12.4 Å². The molecule has 0 spiro atoms. The molecule has 1 aliphatic rings. The molecule has 1 fully saturated rings. The molecule has 2 rings (SSSR count). The van der Waals surface area contributed by atoms with Gasteiger partial charge < -0.3 is 14.5 Å². The Labute approximate surface area is 158 Å². The molecule has 1 aromatic heterocycles. The molecule has 2 amide bonds. The minimum absolute atomic E-state index is 0.0646. The second-order valence-electron chi connectivity index (χ2n) is 5.86. The number of ether oxygens (including phenoxy) is 1. The molecule has 0 bridgehead atoms. The van der Waals surface area contributed by atoms with Crippen molar-refractivity contribution in [3.8, 4) is 0 Å². The lowest BCUT2D eigenvalue weighted by Gasteiger charge is -2.35. The topological polar surface area (TPSA) is 88.1 Å². The molecule has 0 saturated carbocycles. The third-order valence-electron chi connectivity index (χ3n) is 2.77. The van der Waals surface area contributed by atoms with Crippen molar-refractivity contribution in [3.05, 3.63) is 18.0 Å². The summed E-state index contributed by atoms with van der Waals surface area (Å²) in [5.41, 5.74) is -1.30. The van der Waals surface area contributed by atoms with E-state index in [1.807, 2.05) is 0 Å². The molecule has 9 heteroatoms. The van der Waals surface area contributed by atoms with E-state index < -0.39 is 49.5 Å². The number of nitrogens with zero attached hydrogens (tertiary/aromatic N) is 5. The Hall–Kier alpha value is -2.42. The Morgan fingerprint density at radius 1 is 1.20 bits per heavy atom. The van der Waals surface area contributed by atoms with Gasteiger partial charge in [0, 0.05) is 45.4 Å². The minimum atomic E-state index is -3.45. The number of piperazine rings is 1. The van der Waals surface area contributed by atoms with E-state index in [0.29, 0.717) is 0 Å². The highest BCUT2D eigenvalue weighted by Crippen LogP contribution is 2.15. The lowest BCUT2D eigenvalue weighted by Crippen LogP contribution is -2.50. The van der Waals surface area contributed by atoms with Gasteiger partial charge in [-0.3, -0.25) is 9.63 Å². The molecule has 1 saturated heterocycles. The summed E-state index contributed by atoms with van der Waals surface area (Å²) in [4.78, 5) is 36.9. The number of amides is 2. The van der Waals surface area contributed by atoms with Gasteiger partial charge in [-0.2, -0.15) is 0 Å². The number of rotatable bonds is 3. The summed E-state index contributed by atoms with van der Waals surface area (Å²) < 4.78 is 71.4. The van der Waals surface area contributed by atoms with Crippen LogP contribution in [0.1, 0.15) is 42.1 Å². The van der Waals surface area contributed by atoms with E-state index in [-0.39, 0.29) is 15.4 Å². The molecule has 1 aromatic rings. The normalized spacial score (nSPS) is 27.9. The van der Waals surface area contributed by atoms with Crippen molar-refractivity contribution in [2.24, 2.45) is 0 Å². The van der Waals surface area contributed by atoms with Crippen LogP contribution in [0.4, 0.5) is 10.7 Å². The van der Waals surface area contributed by atoms with Crippen molar-refractivity contribution in [3.63, 3.8) is 0 Å². The zero-order valence-electron chi connectivity index (χ0n) is 22.5. The molecule has 0 aromatic carbocycles. The maximum atomic E-state index is 12.7. The first kappa shape index (κ1) is 10.5. The quantitative estimate of drug-likeness (QED) is 0.749. The molecular formula is C16H25N5O4. The summed E-state index contributed by atoms with van der Waals surface area (Å²) in [6, 6.07) is 0. The van der Waals surface area contributed by atoms with Crippen LogP contribution in [0.5, 0.6) is 0 Å². The average molecular weight is 359 g/mol. The summed E-state index contributed by atoms with van der Waals surface area (Å²) in [5, 5.41) is 0.855. The number of hydrogen-bond donors (Lipinski definition) is 0. The van der Waals surface area contributed by atoms with E-state index in [4.69, 9.17) is 20.5 Å². The van der Waals surface area contributed by atoms with Gasteiger partial charge in [-0.1, -0.05) is 0 Å². The standard InChI is InChI=1S/C16H25N5O4/c1-16(2,3)25-15(23)21-8-6-20(7-9-21)14-17-10-12(11-18-14)13(22)19(4)24-5/h10-11H,6-9H2,1-5H3/i6D2,7D2,8D2,9D2. The highest BCUT2D eigenvalue weighted by Gasteiger charge is 2.26. The SMILES string of the molecule is [2H]C1([2H])N(C(=O)OC(C)(C)C)C([2H])([2H])C([2H])([2H])N(c2ncc(C(=O)N(C)OC)cn2)C1([2H])[2H]. The maximum Gasteiger partial charge on any atom is 0.410 e. The molecule has 0 atom stereocenters. The summed E-state index contributed by atoms with van der Waals surface area (Å²) in [7, 11) is 2.55. The summed E-state index contributed by atoms with van der Waals surface area (Å²) in [6.45, 7) is -9.34. The van der Waals surface area contributed by atoms with Crippen LogP contribution in [-0.4, -0.2) is 77.7 Å². The molecular weight excluding hydrogens is 326 g/mol. The second kappa shape index (κ2) is 7.64. The smallest absolute Gasteiger partial charge is 0.410 e. The second-order valence-corrected chi connectivity index (χ2v) is 5.86. The largest absolute Gasteiger partial charge is 0.444 e. The van der Waals surface area contributed by atoms with Gasteiger partial charge in [0.15, 0.2) is 0 Å². The van der Waals surface area contributed by atoms with Crippen molar-refractivity contribution in [2.75, 3.05) is 45.0 Å². The lowest BCUT2D eigenvalue weighted by molar-refractivity contribution is -0.0757. The molecule has 1 aliphatic heterocycles.